The lowest BCUT2D eigenvalue weighted by Crippen LogP contribution is -2.44. The van der Waals surface area contributed by atoms with Gasteiger partial charge in [-0.15, -0.1) is 0 Å². The average Bonchev–Trinajstić information content (AvgIpc) is 3.08. The van der Waals surface area contributed by atoms with Crippen LogP contribution in [0.3, 0.4) is 0 Å². The predicted molar refractivity (Wildman–Crippen MR) is 95.7 cm³/mol. The molecule has 1 aromatic carbocycles. The first-order valence-electron chi connectivity index (χ1n) is 8.15. The standard InChI is InChI=1S/C16H19ClN4O4S/c1-26(23,24)21-8-4-5-11(10-21)16(22)18-9-14-19-15(20-25-14)12-6-2-3-7-13(12)17/h2-3,6-7,11H,4-5,8-10H2,1H3,(H,18,22)/t11-/m0/s1. The monoisotopic (exact) mass is 398 g/mol. The summed E-state index contributed by atoms with van der Waals surface area (Å²) in [7, 11) is -3.29. The number of sulfonamides is 1. The molecule has 1 atom stereocenters. The Labute approximate surface area is 156 Å². The summed E-state index contributed by atoms with van der Waals surface area (Å²) in [6.45, 7) is 0.721. The average molecular weight is 399 g/mol. The zero-order valence-electron chi connectivity index (χ0n) is 14.2. The van der Waals surface area contributed by atoms with E-state index in [1.807, 2.05) is 6.07 Å². The Hall–Kier alpha value is -1.97. The fourth-order valence-electron chi connectivity index (χ4n) is 2.84. The summed E-state index contributed by atoms with van der Waals surface area (Å²) in [5.74, 6) is -0.00917. The molecule has 10 heteroatoms. The lowest BCUT2D eigenvalue weighted by atomic mass is 9.99. The summed E-state index contributed by atoms with van der Waals surface area (Å²) in [6.07, 6.45) is 2.46. The maximum atomic E-state index is 12.3. The van der Waals surface area contributed by atoms with Crippen molar-refractivity contribution in [3.63, 3.8) is 0 Å². The van der Waals surface area contributed by atoms with E-state index >= 15 is 0 Å². The molecule has 0 unspecified atom stereocenters. The molecule has 0 radical (unpaired) electrons. The minimum Gasteiger partial charge on any atom is -0.347 e. The van der Waals surface area contributed by atoms with Gasteiger partial charge in [0.05, 0.1) is 23.7 Å². The third kappa shape index (κ3) is 4.40. The van der Waals surface area contributed by atoms with Crippen LogP contribution >= 0.6 is 11.6 Å². The van der Waals surface area contributed by atoms with Gasteiger partial charge in [0.2, 0.25) is 27.6 Å². The number of aromatic nitrogens is 2. The number of nitrogens with one attached hydrogen (secondary N) is 1. The Balaban J connectivity index is 1.59. The topological polar surface area (TPSA) is 105 Å². The van der Waals surface area contributed by atoms with Gasteiger partial charge in [-0.05, 0) is 25.0 Å². The predicted octanol–water partition coefficient (Wildman–Crippen LogP) is 1.68. The van der Waals surface area contributed by atoms with Gasteiger partial charge in [-0.25, -0.2) is 12.7 Å². The minimum absolute atomic E-state index is 0.0751. The zero-order chi connectivity index (χ0) is 18.7. The Kier molecular flexibility index (Phi) is 5.59. The van der Waals surface area contributed by atoms with Crippen LogP contribution in [0.5, 0.6) is 0 Å². The molecule has 1 aromatic heterocycles. The van der Waals surface area contributed by atoms with Crippen LogP contribution in [0.2, 0.25) is 5.02 Å². The molecular weight excluding hydrogens is 380 g/mol. The molecule has 1 saturated heterocycles. The van der Waals surface area contributed by atoms with E-state index < -0.39 is 10.0 Å². The van der Waals surface area contributed by atoms with E-state index in [1.54, 1.807) is 18.2 Å². The van der Waals surface area contributed by atoms with E-state index in [-0.39, 0.29) is 30.8 Å². The SMILES string of the molecule is CS(=O)(=O)N1CCC[C@H](C(=O)NCc2nc(-c3ccccc3Cl)no2)C1. The van der Waals surface area contributed by atoms with Gasteiger partial charge in [0.15, 0.2) is 0 Å². The Morgan fingerprint density at radius 3 is 2.92 bits per heavy atom. The van der Waals surface area contributed by atoms with Gasteiger partial charge in [0.1, 0.15) is 0 Å². The van der Waals surface area contributed by atoms with Crippen molar-refractivity contribution in [3.05, 3.63) is 35.2 Å². The first-order valence-corrected chi connectivity index (χ1v) is 10.4. The molecule has 1 amide bonds. The van der Waals surface area contributed by atoms with Crippen molar-refractivity contribution < 1.29 is 17.7 Å². The van der Waals surface area contributed by atoms with E-state index in [2.05, 4.69) is 15.5 Å². The van der Waals surface area contributed by atoms with Gasteiger partial charge in [0, 0.05) is 18.7 Å². The number of piperidine rings is 1. The molecule has 8 nitrogen and oxygen atoms in total. The van der Waals surface area contributed by atoms with Crippen LogP contribution in [0.25, 0.3) is 11.4 Å². The second-order valence-electron chi connectivity index (χ2n) is 6.17. The van der Waals surface area contributed by atoms with Crippen molar-refractivity contribution >= 4 is 27.5 Å². The lowest BCUT2D eigenvalue weighted by molar-refractivity contribution is -0.126. The van der Waals surface area contributed by atoms with Crippen molar-refractivity contribution in [1.82, 2.24) is 19.8 Å². The summed E-state index contributed by atoms with van der Waals surface area (Å²) >= 11 is 6.10. The van der Waals surface area contributed by atoms with Gasteiger partial charge in [-0.1, -0.05) is 28.9 Å². The Morgan fingerprint density at radius 2 is 2.19 bits per heavy atom. The molecule has 0 saturated carbocycles. The number of nitrogens with zero attached hydrogens (tertiary/aromatic N) is 3. The summed E-state index contributed by atoms with van der Waals surface area (Å²) in [4.78, 5) is 16.6. The molecule has 3 rings (SSSR count). The highest BCUT2D eigenvalue weighted by Crippen LogP contribution is 2.25. The third-order valence-corrected chi connectivity index (χ3v) is 5.82. The van der Waals surface area contributed by atoms with E-state index in [9.17, 15) is 13.2 Å². The molecule has 1 fully saturated rings. The highest BCUT2D eigenvalue weighted by molar-refractivity contribution is 7.88. The zero-order valence-corrected chi connectivity index (χ0v) is 15.8. The quantitative estimate of drug-likeness (QED) is 0.821. The van der Waals surface area contributed by atoms with Crippen LogP contribution in [0.1, 0.15) is 18.7 Å². The summed E-state index contributed by atoms with van der Waals surface area (Å²) in [5.41, 5.74) is 0.645. The van der Waals surface area contributed by atoms with Gasteiger partial charge in [0.25, 0.3) is 0 Å². The maximum absolute atomic E-state index is 12.3. The van der Waals surface area contributed by atoms with E-state index in [0.717, 1.165) is 6.26 Å². The highest BCUT2D eigenvalue weighted by atomic mass is 35.5. The van der Waals surface area contributed by atoms with Crippen LogP contribution in [0, 0.1) is 5.92 Å². The number of hydrogen-bond donors (Lipinski definition) is 1. The van der Waals surface area contributed by atoms with Crippen molar-refractivity contribution in [2.24, 2.45) is 5.92 Å². The molecule has 1 N–H and O–H groups in total. The molecule has 0 aliphatic carbocycles. The normalized spacial score (nSPS) is 18.6. The van der Waals surface area contributed by atoms with Crippen molar-refractivity contribution in [2.75, 3.05) is 19.3 Å². The van der Waals surface area contributed by atoms with Crippen LogP contribution in [0.4, 0.5) is 0 Å². The van der Waals surface area contributed by atoms with Gasteiger partial charge < -0.3 is 9.84 Å². The lowest BCUT2D eigenvalue weighted by Gasteiger charge is -2.29. The van der Waals surface area contributed by atoms with Crippen molar-refractivity contribution in [2.45, 2.75) is 19.4 Å². The number of hydrogen-bond acceptors (Lipinski definition) is 6. The number of halogens is 1. The molecule has 0 spiro atoms. The van der Waals surface area contributed by atoms with Crippen molar-refractivity contribution in [3.8, 4) is 11.4 Å². The highest BCUT2D eigenvalue weighted by Gasteiger charge is 2.30. The fourth-order valence-corrected chi connectivity index (χ4v) is 3.98. The minimum atomic E-state index is -3.29. The van der Waals surface area contributed by atoms with Gasteiger partial charge >= 0.3 is 0 Å². The molecule has 140 valence electrons. The van der Waals surface area contributed by atoms with E-state index in [4.69, 9.17) is 16.1 Å². The van der Waals surface area contributed by atoms with Crippen LogP contribution in [-0.2, 0) is 21.4 Å². The number of amides is 1. The third-order valence-electron chi connectivity index (χ3n) is 4.22. The van der Waals surface area contributed by atoms with Crippen LogP contribution in [0.15, 0.2) is 28.8 Å². The van der Waals surface area contributed by atoms with Crippen LogP contribution in [-0.4, -0.2) is 48.1 Å². The van der Waals surface area contributed by atoms with Crippen molar-refractivity contribution in [1.29, 1.82) is 0 Å². The fraction of sp³-hybridized carbons (Fsp3) is 0.438. The summed E-state index contributed by atoms with van der Waals surface area (Å²) in [5, 5.41) is 7.11. The smallest absolute Gasteiger partial charge is 0.246 e. The number of rotatable bonds is 5. The Morgan fingerprint density at radius 1 is 1.42 bits per heavy atom. The van der Waals surface area contributed by atoms with Gasteiger partial charge in [-0.3, -0.25) is 4.79 Å². The number of carbonyl (C=O) groups is 1. The molecule has 26 heavy (non-hydrogen) atoms. The molecule has 0 bridgehead atoms. The Bertz CT molecular complexity index is 899. The first-order chi connectivity index (χ1) is 12.3. The van der Waals surface area contributed by atoms with E-state index in [1.165, 1.54) is 4.31 Å². The van der Waals surface area contributed by atoms with E-state index in [0.29, 0.717) is 35.8 Å². The maximum Gasteiger partial charge on any atom is 0.246 e. The summed E-state index contributed by atoms with van der Waals surface area (Å²) in [6, 6.07) is 7.12. The van der Waals surface area contributed by atoms with Gasteiger partial charge in [-0.2, -0.15) is 4.98 Å². The summed E-state index contributed by atoms with van der Waals surface area (Å²) < 4.78 is 29.8. The molecular formula is C16H19ClN4O4S. The number of carbonyl (C=O) groups excluding carboxylic acids is 1. The molecule has 2 heterocycles. The largest absolute Gasteiger partial charge is 0.347 e. The number of benzene rings is 1. The van der Waals surface area contributed by atoms with Crippen LogP contribution < -0.4 is 5.32 Å². The second kappa shape index (κ2) is 7.73. The first kappa shape index (κ1) is 18.8. The molecule has 1 aliphatic heterocycles. The molecule has 2 aromatic rings. The molecule has 1 aliphatic rings. The second-order valence-corrected chi connectivity index (χ2v) is 8.56.